The zero-order chi connectivity index (χ0) is 19.5. The van der Waals surface area contributed by atoms with Crippen LogP contribution in [0.15, 0.2) is 72.8 Å². The van der Waals surface area contributed by atoms with Crippen molar-refractivity contribution in [3.8, 4) is 11.3 Å². The molecule has 1 N–H and O–H groups in total. The van der Waals surface area contributed by atoms with E-state index >= 15 is 0 Å². The van der Waals surface area contributed by atoms with E-state index in [0.717, 1.165) is 27.7 Å². The Morgan fingerprint density at radius 1 is 0.893 bits per heavy atom. The third kappa shape index (κ3) is 3.42. The molecule has 5 nitrogen and oxygen atoms in total. The number of aromatic nitrogens is 2. The van der Waals surface area contributed by atoms with E-state index in [1.54, 1.807) is 12.1 Å². The molecule has 0 radical (unpaired) electrons. The number of nitrogens with one attached hydrogen (secondary N) is 1. The van der Waals surface area contributed by atoms with E-state index < -0.39 is 0 Å². The predicted molar refractivity (Wildman–Crippen MR) is 111 cm³/mol. The number of rotatable bonds is 4. The number of carbonyl (C=O) groups is 1. The lowest BCUT2D eigenvalue weighted by molar-refractivity contribution is 0.0601. The van der Waals surface area contributed by atoms with E-state index in [1.165, 1.54) is 12.7 Å². The summed E-state index contributed by atoms with van der Waals surface area (Å²) < 4.78 is 4.76. The molecule has 0 bridgehead atoms. The van der Waals surface area contributed by atoms with Crippen LogP contribution < -0.4 is 5.32 Å². The normalized spacial score (nSPS) is 10.6. The Bertz CT molecular complexity index is 1150. The molecule has 0 aliphatic carbocycles. The fraction of sp³-hybridized carbons (Fsp3) is 0.0870. The van der Waals surface area contributed by atoms with Gasteiger partial charge in [0.1, 0.15) is 5.69 Å². The van der Waals surface area contributed by atoms with Crippen LogP contribution >= 0.6 is 0 Å². The molecule has 4 rings (SSSR count). The van der Waals surface area contributed by atoms with Crippen LogP contribution in [0, 0.1) is 6.92 Å². The maximum absolute atomic E-state index is 11.7. The van der Waals surface area contributed by atoms with Crippen LogP contribution in [-0.4, -0.2) is 23.3 Å². The molecule has 0 spiro atoms. The van der Waals surface area contributed by atoms with Gasteiger partial charge in [-0.15, -0.1) is 10.2 Å². The van der Waals surface area contributed by atoms with E-state index in [0.29, 0.717) is 11.4 Å². The van der Waals surface area contributed by atoms with E-state index in [1.807, 2.05) is 48.5 Å². The molecule has 4 aromatic rings. The van der Waals surface area contributed by atoms with Crippen LogP contribution in [0.4, 0.5) is 11.5 Å². The van der Waals surface area contributed by atoms with Gasteiger partial charge in [-0.05, 0) is 36.8 Å². The van der Waals surface area contributed by atoms with E-state index in [-0.39, 0.29) is 5.97 Å². The molecule has 28 heavy (non-hydrogen) atoms. The van der Waals surface area contributed by atoms with Gasteiger partial charge in [0.15, 0.2) is 5.82 Å². The van der Waals surface area contributed by atoms with Crippen molar-refractivity contribution in [3.05, 3.63) is 83.9 Å². The first-order chi connectivity index (χ1) is 13.7. The molecule has 5 heteroatoms. The molecule has 0 atom stereocenters. The lowest BCUT2D eigenvalue weighted by atomic mass is 10.0. The highest BCUT2D eigenvalue weighted by atomic mass is 16.5. The third-order valence-corrected chi connectivity index (χ3v) is 4.55. The molecular weight excluding hydrogens is 350 g/mol. The standard InChI is InChI=1S/C23H19N3O2/c1-15-6-5-7-18(14-15)24-22-20-9-4-3-8-19(20)21(25-26-22)16-10-12-17(13-11-16)23(27)28-2/h3-14H,1-2H3,(H,24,26). The summed E-state index contributed by atoms with van der Waals surface area (Å²) in [7, 11) is 1.37. The van der Waals surface area contributed by atoms with Gasteiger partial charge in [0.05, 0.1) is 12.7 Å². The van der Waals surface area contributed by atoms with Gasteiger partial charge in [-0.1, -0.05) is 48.5 Å². The highest BCUT2D eigenvalue weighted by molar-refractivity contribution is 6.01. The van der Waals surface area contributed by atoms with Gasteiger partial charge in [-0.3, -0.25) is 0 Å². The minimum atomic E-state index is -0.361. The van der Waals surface area contributed by atoms with Crippen molar-refractivity contribution in [2.45, 2.75) is 6.92 Å². The minimum Gasteiger partial charge on any atom is -0.465 e. The largest absolute Gasteiger partial charge is 0.465 e. The van der Waals surface area contributed by atoms with Crippen LogP contribution in [0.25, 0.3) is 22.0 Å². The second-order valence-corrected chi connectivity index (χ2v) is 6.51. The molecule has 0 saturated carbocycles. The smallest absolute Gasteiger partial charge is 0.337 e. The minimum absolute atomic E-state index is 0.361. The van der Waals surface area contributed by atoms with Gasteiger partial charge in [0.25, 0.3) is 0 Å². The summed E-state index contributed by atoms with van der Waals surface area (Å²) in [6.45, 7) is 2.05. The van der Waals surface area contributed by atoms with E-state index in [4.69, 9.17) is 4.74 Å². The number of aryl methyl sites for hydroxylation is 1. The lowest BCUT2D eigenvalue weighted by Crippen LogP contribution is -2.01. The molecule has 0 aliphatic rings. The molecule has 0 aliphatic heterocycles. The summed E-state index contributed by atoms with van der Waals surface area (Å²) >= 11 is 0. The monoisotopic (exact) mass is 369 g/mol. The molecular formula is C23H19N3O2. The van der Waals surface area contributed by atoms with Crippen LogP contribution in [0.5, 0.6) is 0 Å². The lowest BCUT2D eigenvalue weighted by Gasteiger charge is -2.12. The first kappa shape index (κ1) is 17.7. The number of esters is 1. The third-order valence-electron chi connectivity index (χ3n) is 4.55. The quantitative estimate of drug-likeness (QED) is 0.505. The number of benzene rings is 3. The highest BCUT2D eigenvalue weighted by Gasteiger charge is 2.12. The van der Waals surface area contributed by atoms with Crippen molar-refractivity contribution in [2.24, 2.45) is 0 Å². The number of ether oxygens (including phenoxy) is 1. The maximum atomic E-state index is 11.7. The Labute approximate surface area is 163 Å². The number of fused-ring (bicyclic) bond motifs is 1. The molecule has 0 unspecified atom stereocenters. The van der Waals surface area contributed by atoms with Crippen molar-refractivity contribution in [2.75, 3.05) is 12.4 Å². The summed E-state index contributed by atoms with van der Waals surface area (Å²) in [5.41, 5.74) is 4.29. The number of carbonyl (C=O) groups excluding carboxylic acids is 1. The van der Waals surface area contributed by atoms with Crippen molar-refractivity contribution in [3.63, 3.8) is 0 Å². The summed E-state index contributed by atoms with van der Waals surface area (Å²) in [4.78, 5) is 11.7. The van der Waals surface area contributed by atoms with Gasteiger partial charge in [0, 0.05) is 22.0 Å². The van der Waals surface area contributed by atoms with Crippen molar-refractivity contribution >= 4 is 28.2 Å². The molecule has 0 saturated heterocycles. The van der Waals surface area contributed by atoms with E-state index in [2.05, 4.69) is 34.6 Å². The average Bonchev–Trinajstić information content (AvgIpc) is 2.74. The molecule has 1 heterocycles. The highest BCUT2D eigenvalue weighted by Crippen LogP contribution is 2.31. The molecule has 0 fully saturated rings. The fourth-order valence-corrected chi connectivity index (χ4v) is 3.15. The number of hydrogen-bond donors (Lipinski definition) is 1. The molecule has 3 aromatic carbocycles. The van der Waals surface area contributed by atoms with Crippen molar-refractivity contribution < 1.29 is 9.53 Å². The van der Waals surface area contributed by atoms with Gasteiger partial charge in [-0.2, -0.15) is 0 Å². The number of anilines is 2. The van der Waals surface area contributed by atoms with Gasteiger partial charge in [0.2, 0.25) is 0 Å². The summed E-state index contributed by atoms with van der Waals surface area (Å²) in [5.74, 6) is 0.344. The molecule has 1 aromatic heterocycles. The number of methoxy groups -OCH3 is 1. The molecule has 0 amide bonds. The predicted octanol–water partition coefficient (Wildman–Crippen LogP) is 5.14. The van der Waals surface area contributed by atoms with Crippen LogP contribution in [0.1, 0.15) is 15.9 Å². The first-order valence-corrected chi connectivity index (χ1v) is 8.93. The zero-order valence-electron chi connectivity index (χ0n) is 15.6. The maximum Gasteiger partial charge on any atom is 0.337 e. The van der Waals surface area contributed by atoms with Crippen molar-refractivity contribution in [1.82, 2.24) is 10.2 Å². The topological polar surface area (TPSA) is 64.1 Å². The molecule has 138 valence electrons. The van der Waals surface area contributed by atoms with Gasteiger partial charge in [-0.25, -0.2) is 4.79 Å². The zero-order valence-corrected chi connectivity index (χ0v) is 15.6. The summed E-state index contributed by atoms with van der Waals surface area (Å²) in [6, 6.07) is 23.3. The Balaban J connectivity index is 1.76. The Morgan fingerprint density at radius 2 is 1.64 bits per heavy atom. The Morgan fingerprint density at radius 3 is 2.36 bits per heavy atom. The Hall–Kier alpha value is -3.73. The van der Waals surface area contributed by atoms with Crippen molar-refractivity contribution in [1.29, 1.82) is 0 Å². The SMILES string of the molecule is COC(=O)c1ccc(-c2nnc(Nc3cccc(C)c3)c3ccccc23)cc1. The first-order valence-electron chi connectivity index (χ1n) is 8.93. The number of nitrogens with zero attached hydrogens (tertiary/aromatic N) is 2. The average molecular weight is 369 g/mol. The second-order valence-electron chi connectivity index (χ2n) is 6.51. The van der Waals surface area contributed by atoms with Crippen LogP contribution in [-0.2, 0) is 4.74 Å². The fourth-order valence-electron chi connectivity index (χ4n) is 3.15. The van der Waals surface area contributed by atoms with Gasteiger partial charge < -0.3 is 10.1 Å². The van der Waals surface area contributed by atoms with Crippen LogP contribution in [0.3, 0.4) is 0 Å². The number of hydrogen-bond acceptors (Lipinski definition) is 5. The van der Waals surface area contributed by atoms with Gasteiger partial charge >= 0.3 is 5.97 Å². The Kier molecular flexibility index (Phi) is 4.72. The van der Waals surface area contributed by atoms with Crippen LogP contribution in [0.2, 0.25) is 0 Å². The van der Waals surface area contributed by atoms with E-state index in [9.17, 15) is 4.79 Å². The summed E-state index contributed by atoms with van der Waals surface area (Å²) in [6.07, 6.45) is 0. The second kappa shape index (κ2) is 7.48. The summed E-state index contributed by atoms with van der Waals surface area (Å²) in [5, 5.41) is 14.2.